The summed E-state index contributed by atoms with van der Waals surface area (Å²) in [7, 11) is 0. The van der Waals surface area contributed by atoms with Gasteiger partial charge in [0.25, 0.3) is 0 Å². The van der Waals surface area contributed by atoms with Crippen molar-refractivity contribution in [1.82, 2.24) is 0 Å². The lowest BCUT2D eigenvalue weighted by molar-refractivity contribution is -0.0212. The summed E-state index contributed by atoms with van der Waals surface area (Å²) in [6.45, 7) is 11.5. The fourth-order valence-corrected chi connectivity index (χ4v) is 1.78. The van der Waals surface area contributed by atoms with Crippen LogP contribution >= 0.6 is 11.6 Å². The standard InChI is InChI=1S/C18H35ClO8/c1-2-20-5-6-22-9-10-24-13-14-26-17-18-27-16-15-25-12-11-23-8-7-21-4-3-19/h2H,1,3-18H2. The summed E-state index contributed by atoms with van der Waals surface area (Å²) in [5.74, 6) is 0.505. The van der Waals surface area contributed by atoms with Crippen molar-refractivity contribution in [1.29, 1.82) is 0 Å². The number of ether oxygens (including phenoxy) is 8. The third-order valence-electron chi connectivity index (χ3n) is 2.92. The molecule has 9 heteroatoms. The van der Waals surface area contributed by atoms with Gasteiger partial charge in [-0.2, -0.15) is 0 Å². The molecule has 27 heavy (non-hydrogen) atoms. The average molecular weight is 415 g/mol. The zero-order valence-corrected chi connectivity index (χ0v) is 17.0. The highest BCUT2D eigenvalue weighted by atomic mass is 35.5. The van der Waals surface area contributed by atoms with Gasteiger partial charge >= 0.3 is 0 Å². The van der Waals surface area contributed by atoms with E-state index in [4.69, 9.17) is 49.5 Å². The van der Waals surface area contributed by atoms with Gasteiger partial charge in [0.1, 0.15) is 6.61 Å². The van der Waals surface area contributed by atoms with Gasteiger partial charge in [-0.1, -0.05) is 6.58 Å². The molecule has 0 amide bonds. The number of hydrogen-bond donors (Lipinski definition) is 0. The van der Waals surface area contributed by atoms with Crippen LogP contribution in [0.2, 0.25) is 0 Å². The highest BCUT2D eigenvalue weighted by Crippen LogP contribution is 1.86. The Kier molecular flexibility index (Phi) is 25.1. The summed E-state index contributed by atoms with van der Waals surface area (Å²) in [6.07, 6.45) is 1.40. The molecule has 0 aromatic heterocycles. The molecule has 0 saturated carbocycles. The second-order valence-electron chi connectivity index (χ2n) is 5.01. The van der Waals surface area contributed by atoms with E-state index in [0.717, 1.165) is 0 Å². The van der Waals surface area contributed by atoms with Crippen LogP contribution in [-0.2, 0) is 37.9 Å². The Morgan fingerprint density at radius 3 is 0.963 bits per heavy atom. The van der Waals surface area contributed by atoms with E-state index >= 15 is 0 Å². The van der Waals surface area contributed by atoms with Crippen LogP contribution in [0.3, 0.4) is 0 Å². The van der Waals surface area contributed by atoms with Gasteiger partial charge in [0.2, 0.25) is 0 Å². The van der Waals surface area contributed by atoms with E-state index in [1.165, 1.54) is 6.26 Å². The summed E-state index contributed by atoms with van der Waals surface area (Å²) >= 11 is 5.48. The zero-order valence-electron chi connectivity index (χ0n) is 16.2. The van der Waals surface area contributed by atoms with Gasteiger partial charge in [0, 0.05) is 5.88 Å². The first-order valence-corrected chi connectivity index (χ1v) is 9.78. The molecule has 0 aliphatic carbocycles. The third-order valence-corrected chi connectivity index (χ3v) is 3.07. The Morgan fingerprint density at radius 2 is 0.704 bits per heavy atom. The molecule has 0 atom stereocenters. The van der Waals surface area contributed by atoms with Crippen molar-refractivity contribution in [2.75, 3.05) is 105 Å². The fourth-order valence-electron chi connectivity index (χ4n) is 1.67. The SMILES string of the molecule is C=COCCOCCOCCOCCOCCOCCOCCOCCCl. The molecule has 0 rings (SSSR count). The van der Waals surface area contributed by atoms with E-state index in [1.54, 1.807) is 0 Å². The van der Waals surface area contributed by atoms with Crippen LogP contribution in [0.15, 0.2) is 12.8 Å². The maximum Gasteiger partial charge on any atom is 0.111 e. The molecule has 0 heterocycles. The van der Waals surface area contributed by atoms with Gasteiger partial charge in [0.05, 0.1) is 98.8 Å². The maximum absolute atomic E-state index is 5.48. The first kappa shape index (κ1) is 26.6. The van der Waals surface area contributed by atoms with E-state index in [-0.39, 0.29) is 0 Å². The van der Waals surface area contributed by atoms with Crippen molar-refractivity contribution in [3.05, 3.63) is 12.8 Å². The summed E-state index contributed by atoms with van der Waals surface area (Å²) < 4.78 is 42.2. The topological polar surface area (TPSA) is 73.8 Å². The first-order chi connectivity index (χ1) is 13.4. The Morgan fingerprint density at radius 1 is 0.444 bits per heavy atom. The molecule has 0 N–H and O–H groups in total. The molecule has 0 bridgehead atoms. The number of alkyl halides is 1. The second kappa shape index (κ2) is 25.6. The van der Waals surface area contributed by atoms with Gasteiger partial charge in [-0.05, 0) is 0 Å². The number of hydrogen-bond acceptors (Lipinski definition) is 8. The molecule has 0 fully saturated rings. The van der Waals surface area contributed by atoms with E-state index in [9.17, 15) is 0 Å². The van der Waals surface area contributed by atoms with Crippen molar-refractivity contribution >= 4 is 11.6 Å². The van der Waals surface area contributed by atoms with Crippen molar-refractivity contribution in [2.24, 2.45) is 0 Å². The molecule has 0 aliphatic heterocycles. The van der Waals surface area contributed by atoms with Crippen LogP contribution < -0.4 is 0 Å². The van der Waals surface area contributed by atoms with E-state index in [1.807, 2.05) is 0 Å². The molecule has 0 unspecified atom stereocenters. The molecule has 0 saturated heterocycles. The Hall–Kier alpha value is -0.450. The lowest BCUT2D eigenvalue weighted by Gasteiger charge is -2.08. The normalized spacial score (nSPS) is 11.0. The molecular formula is C18H35ClO8. The van der Waals surface area contributed by atoms with E-state index < -0.39 is 0 Å². The maximum atomic E-state index is 5.48. The highest BCUT2D eigenvalue weighted by molar-refractivity contribution is 6.17. The average Bonchev–Trinajstić information content (AvgIpc) is 2.68. The molecule has 0 aromatic rings. The van der Waals surface area contributed by atoms with Gasteiger partial charge in [-0.3, -0.25) is 0 Å². The minimum absolute atomic E-state index is 0.505. The lowest BCUT2D eigenvalue weighted by Crippen LogP contribution is -2.14. The molecule has 0 spiro atoms. The number of halogens is 1. The summed E-state index contributed by atoms with van der Waals surface area (Å²) in [4.78, 5) is 0. The van der Waals surface area contributed by atoms with Gasteiger partial charge in [0.15, 0.2) is 0 Å². The van der Waals surface area contributed by atoms with Crippen LogP contribution in [0.4, 0.5) is 0 Å². The Bertz CT molecular complexity index is 284. The Labute approximate surface area is 167 Å². The van der Waals surface area contributed by atoms with Gasteiger partial charge in [-0.25, -0.2) is 0 Å². The van der Waals surface area contributed by atoms with Gasteiger partial charge in [-0.15, -0.1) is 11.6 Å². The summed E-state index contributed by atoms with van der Waals surface area (Å²) in [5.41, 5.74) is 0. The molecule has 162 valence electrons. The predicted octanol–water partition coefficient (Wildman–Crippen LogP) is 1.50. The third kappa shape index (κ3) is 25.5. The van der Waals surface area contributed by atoms with Crippen LogP contribution in [-0.4, -0.2) is 105 Å². The molecule has 0 radical (unpaired) electrons. The van der Waals surface area contributed by atoms with Crippen molar-refractivity contribution in [3.8, 4) is 0 Å². The minimum Gasteiger partial charge on any atom is -0.499 e. The monoisotopic (exact) mass is 414 g/mol. The van der Waals surface area contributed by atoms with Crippen molar-refractivity contribution < 1.29 is 37.9 Å². The molecule has 0 aromatic carbocycles. The molecule has 0 aliphatic rings. The minimum atomic E-state index is 0.505. The quantitative estimate of drug-likeness (QED) is 0.134. The van der Waals surface area contributed by atoms with E-state index in [0.29, 0.717) is 105 Å². The molecular weight excluding hydrogens is 380 g/mol. The fraction of sp³-hybridized carbons (Fsp3) is 0.889. The van der Waals surface area contributed by atoms with Crippen LogP contribution in [0, 0.1) is 0 Å². The summed E-state index contributed by atoms with van der Waals surface area (Å²) in [6, 6.07) is 0. The second-order valence-corrected chi connectivity index (χ2v) is 5.39. The van der Waals surface area contributed by atoms with Crippen molar-refractivity contribution in [3.63, 3.8) is 0 Å². The van der Waals surface area contributed by atoms with Crippen LogP contribution in [0.1, 0.15) is 0 Å². The molecule has 8 nitrogen and oxygen atoms in total. The number of rotatable bonds is 24. The smallest absolute Gasteiger partial charge is 0.111 e. The lowest BCUT2D eigenvalue weighted by atomic mass is 10.6. The van der Waals surface area contributed by atoms with Crippen molar-refractivity contribution in [2.45, 2.75) is 0 Å². The summed E-state index contributed by atoms with van der Waals surface area (Å²) in [5, 5.41) is 0. The Balaban J connectivity index is 2.96. The van der Waals surface area contributed by atoms with Crippen LogP contribution in [0.25, 0.3) is 0 Å². The predicted molar refractivity (Wildman–Crippen MR) is 103 cm³/mol. The van der Waals surface area contributed by atoms with Gasteiger partial charge < -0.3 is 37.9 Å². The van der Waals surface area contributed by atoms with E-state index in [2.05, 4.69) is 6.58 Å². The zero-order chi connectivity index (χ0) is 19.7. The highest BCUT2D eigenvalue weighted by Gasteiger charge is 1.94. The largest absolute Gasteiger partial charge is 0.499 e. The first-order valence-electron chi connectivity index (χ1n) is 9.24. The van der Waals surface area contributed by atoms with Crippen LogP contribution in [0.5, 0.6) is 0 Å².